The molecule has 9 heteroatoms. The molecule has 0 aromatic heterocycles. The zero-order chi connectivity index (χ0) is 15.8. The van der Waals surface area contributed by atoms with Gasteiger partial charge in [-0.15, -0.1) is 24.8 Å². The molecule has 1 saturated heterocycles. The standard InChI is InChI=1S/C12H9BrCl2F3NO2/c13-8-2-7(21-12(16,17)18)3-9(15)11(8)19-5-6(4-14)1-10(19)20/h2-3,6H,1,4-5H2. The number of amides is 1. The van der Waals surface area contributed by atoms with Gasteiger partial charge in [0.25, 0.3) is 0 Å². The lowest BCUT2D eigenvalue weighted by Crippen LogP contribution is -2.25. The van der Waals surface area contributed by atoms with E-state index in [4.69, 9.17) is 23.2 Å². The summed E-state index contributed by atoms with van der Waals surface area (Å²) in [6.07, 6.45) is -4.52. The SMILES string of the molecule is O=C1CC(CCl)CN1c1c(Cl)cc(OC(F)(F)F)cc1Br. The normalized spacial score (nSPS) is 19.2. The topological polar surface area (TPSA) is 29.5 Å². The molecule has 0 spiro atoms. The van der Waals surface area contributed by atoms with Crippen molar-refractivity contribution in [3.8, 4) is 5.75 Å². The van der Waals surface area contributed by atoms with Gasteiger partial charge in [0.1, 0.15) is 5.75 Å². The van der Waals surface area contributed by atoms with Crippen molar-refractivity contribution in [2.24, 2.45) is 5.92 Å². The number of carbonyl (C=O) groups excluding carboxylic acids is 1. The monoisotopic (exact) mass is 405 g/mol. The molecule has 21 heavy (non-hydrogen) atoms. The van der Waals surface area contributed by atoms with Gasteiger partial charge in [0.05, 0.1) is 10.7 Å². The van der Waals surface area contributed by atoms with Crippen molar-refractivity contribution in [2.75, 3.05) is 17.3 Å². The molecule has 1 fully saturated rings. The van der Waals surface area contributed by atoms with E-state index in [2.05, 4.69) is 20.7 Å². The van der Waals surface area contributed by atoms with Crippen molar-refractivity contribution in [2.45, 2.75) is 12.8 Å². The lowest BCUT2D eigenvalue weighted by atomic mass is 10.1. The number of benzene rings is 1. The molecular weight excluding hydrogens is 398 g/mol. The largest absolute Gasteiger partial charge is 0.573 e. The first-order valence-corrected chi connectivity index (χ1v) is 7.53. The molecule has 0 aliphatic carbocycles. The third kappa shape index (κ3) is 3.96. The summed E-state index contributed by atoms with van der Waals surface area (Å²) < 4.78 is 40.7. The van der Waals surface area contributed by atoms with Crippen LogP contribution in [0.15, 0.2) is 16.6 Å². The molecule has 1 aliphatic rings. The molecule has 0 saturated carbocycles. The summed E-state index contributed by atoms with van der Waals surface area (Å²) in [6, 6.07) is 2.15. The Hall–Kier alpha value is -0.660. The summed E-state index contributed by atoms with van der Waals surface area (Å²) in [5, 5.41) is -0.00722. The molecule has 1 aromatic rings. The number of carbonyl (C=O) groups is 1. The number of alkyl halides is 4. The Labute approximate surface area is 137 Å². The number of hydrogen-bond acceptors (Lipinski definition) is 2. The number of rotatable bonds is 3. The Morgan fingerprint density at radius 2 is 2.10 bits per heavy atom. The highest BCUT2D eigenvalue weighted by molar-refractivity contribution is 9.10. The number of hydrogen-bond donors (Lipinski definition) is 0. The van der Waals surface area contributed by atoms with E-state index in [1.54, 1.807) is 0 Å². The molecule has 1 amide bonds. The van der Waals surface area contributed by atoms with E-state index < -0.39 is 12.1 Å². The molecule has 1 unspecified atom stereocenters. The quantitative estimate of drug-likeness (QED) is 0.687. The van der Waals surface area contributed by atoms with Crippen molar-refractivity contribution in [3.63, 3.8) is 0 Å². The maximum atomic E-state index is 12.2. The van der Waals surface area contributed by atoms with Crippen molar-refractivity contribution in [3.05, 3.63) is 21.6 Å². The molecule has 0 radical (unpaired) electrons. The van der Waals surface area contributed by atoms with Crippen LogP contribution in [-0.4, -0.2) is 24.7 Å². The third-order valence-electron chi connectivity index (χ3n) is 2.92. The first kappa shape index (κ1) is 16.7. The average Bonchev–Trinajstić information content (AvgIpc) is 2.68. The fourth-order valence-electron chi connectivity index (χ4n) is 2.09. The predicted octanol–water partition coefficient (Wildman–Crippen LogP) is 4.59. The molecule has 1 heterocycles. The van der Waals surface area contributed by atoms with E-state index in [1.807, 2.05) is 0 Å². The van der Waals surface area contributed by atoms with Crippen LogP contribution in [0.3, 0.4) is 0 Å². The van der Waals surface area contributed by atoms with Crippen LogP contribution >= 0.6 is 39.1 Å². The minimum atomic E-state index is -4.81. The van der Waals surface area contributed by atoms with Gasteiger partial charge in [-0.25, -0.2) is 0 Å². The Balaban J connectivity index is 2.32. The van der Waals surface area contributed by atoms with Crippen LogP contribution in [0.4, 0.5) is 18.9 Å². The van der Waals surface area contributed by atoms with Crippen LogP contribution in [0.25, 0.3) is 0 Å². The van der Waals surface area contributed by atoms with Gasteiger partial charge >= 0.3 is 6.36 Å². The second-order valence-electron chi connectivity index (χ2n) is 4.51. The lowest BCUT2D eigenvalue weighted by Gasteiger charge is -2.21. The van der Waals surface area contributed by atoms with Gasteiger partial charge in [0, 0.05) is 29.4 Å². The van der Waals surface area contributed by atoms with E-state index in [9.17, 15) is 18.0 Å². The maximum absolute atomic E-state index is 12.2. The zero-order valence-corrected chi connectivity index (χ0v) is 13.5. The Bertz CT molecular complexity index is 545. The molecule has 3 nitrogen and oxygen atoms in total. The number of halogens is 6. The molecule has 2 rings (SSSR count). The Kier molecular flexibility index (Phi) is 4.95. The minimum absolute atomic E-state index is 0.00626. The summed E-state index contributed by atoms with van der Waals surface area (Å²) in [5.41, 5.74) is 0.323. The van der Waals surface area contributed by atoms with E-state index in [1.165, 1.54) is 4.90 Å². The smallest absolute Gasteiger partial charge is 0.406 e. The molecule has 116 valence electrons. The maximum Gasteiger partial charge on any atom is 0.573 e. The van der Waals surface area contributed by atoms with Gasteiger partial charge in [-0.1, -0.05) is 11.6 Å². The van der Waals surface area contributed by atoms with Crippen LogP contribution in [0.2, 0.25) is 5.02 Å². The second-order valence-corrected chi connectivity index (χ2v) is 6.08. The predicted molar refractivity (Wildman–Crippen MR) is 77.0 cm³/mol. The summed E-state index contributed by atoms with van der Waals surface area (Å²) in [7, 11) is 0. The fraction of sp³-hybridized carbons (Fsp3) is 0.417. The fourth-order valence-corrected chi connectivity index (χ4v) is 3.38. The summed E-state index contributed by atoms with van der Waals surface area (Å²) in [4.78, 5) is 13.4. The van der Waals surface area contributed by atoms with E-state index >= 15 is 0 Å². The Morgan fingerprint density at radius 3 is 2.57 bits per heavy atom. The van der Waals surface area contributed by atoms with Crippen molar-refractivity contribution in [1.82, 2.24) is 0 Å². The van der Waals surface area contributed by atoms with Gasteiger partial charge in [-0.3, -0.25) is 4.79 Å². The summed E-state index contributed by atoms with van der Waals surface area (Å²) in [5.74, 6) is -0.308. The summed E-state index contributed by atoms with van der Waals surface area (Å²) in [6.45, 7) is 0.375. The second kappa shape index (κ2) is 6.22. The van der Waals surface area contributed by atoms with Gasteiger partial charge < -0.3 is 9.64 Å². The molecule has 0 bridgehead atoms. The highest BCUT2D eigenvalue weighted by Gasteiger charge is 2.34. The van der Waals surface area contributed by atoms with Crippen LogP contribution < -0.4 is 9.64 Å². The molecule has 1 atom stereocenters. The number of nitrogens with zero attached hydrogens (tertiary/aromatic N) is 1. The first-order valence-electron chi connectivity index (χ1n) is 5.82. The Morgan fingerprint density at radius 1 is 1.43 bits per heavy atom. The highest BCUT2D eigenvalue weighted by Crippen LogP contribution is 2.41. The van der Waals surface area contributed by atoms with Crippen molar-refractivity contribution < 1.29 is 22.7 Å². The van der Waals surface area contributed by atoms with Crippen LogP contribution in [0.1, 0.15) is 6.42 Å². The van der Waals surface area contributed by atoms with Crippen molar-refractivity contribution >= 4 is 50.7 Å². The van der Waals surface area contributed by atoms with Crippen LogP contribution in [0, 0.1) is 5.92 Å². The van der Waals surface area contributed by atoms with E-state index in [0.29, 0.717) is 18.1 Å². The van der Waals surface area contributed by atoms with Crippen molar-refractivity contribution in [1.29, 1.82) is 0 Å². The third-order valence-corrected chi connectivity index (χ3v) is 4.25. The van der Waals surface area contributed by atoms with Gasteiger partial charge in [0.15, 0.2) is 0 Å². The highest BCUT2D eigenvalue weighted by atomic mass is 79.9. The number of ether oxygens (including phenoxy) is 1. The average molecular weight is 407 g/mol. The van der Waals surface area contributed by atoms with Gasteiger partial charge in [-0.2, -0.15) is 0 Å². The summed E-state index contributed by atoms with van der Waals surface area (Å²) >= 11 is 14.9. The van der Waals surface area contributed by atoms with Gasteiger partial charge in [0.2, 0.25) is 5.91 Å². The minimum Gasteiger partial charge on any atom is -0.406 e. The van der Waals surface area contributed by atoms with Crippen LogP contribution in [-0.2, 0) is 4.79 Å². The zero-order valence-electron chi connectivity index (χ0n) is 10.4. The van der Waals surface area contributed by atoms with Gasteiger partial charge in [-0.05, 0) is 27.9 Å². The van der Waals surface area contributed by atoms with Crippen LogP contribution in [0.5, 0.6) is 5.75 Å². The van der Waals surface area contributed by atoms with E-state index in [-0.39, 0.29) is 27.7 Å². The van der Waals surface area contributed by atoms with E-state index in [0.717, 1.165) is 12.1 Å². The molecule has 0 N–H and O–H groups in total. The first-order chi connectivity index (χ1) is 9.71. The molecular formula is C12H9BrCl2F3NO2. The molecule has 1 aromatic carbocycles. The molecule has 1 aliphatic heterocycles. The number of anilines is 1. The lowest BCUT2D eigenvalue weighted by molar-refractivity contribution is -0.274.